The van der Waals surface area contributed by atoms with Crippen molar-refractivity contribution in [2.75, 3.05) is 18.5 Å². The molecule has 110 valence electrons. The van der Waals surface area contributed by atoms with E-state index in [1.54, 1.807) is 17.3 Å². The second-order valence-electron chi connectivity index (χ2n) is 5.43. The van der Waals surface area contributed by atoms with Crippen molar-refractivity contribution in [3.8, 4) is 0 Å². The Morgan fingerprint density at radius 1 is 1.45 bits per heavy atom. The van der Waals surface area contributed by atoms with E-state index in [1.165, 1.54) is 0 Å². The molecule has 1 saturated heterocycles. The molecule has 2 heterocycles. The van der Waals surface area contributed by atoms with Gasteiger partial charge in [0.1, 0.15) is 0 Å². The van der Waals surface area contributed by atoms with E-state index in [0.29, 0.717) is 18.1 Å². The van der Waals surface area contributed by atoms with Crippen molar-refractivity contribution in [2.24, 2.45) is 0 Å². The van der Waals surface area contributed by atoms with Gasteiger partial charge in [0, 0.05) is 25.0 Å². The fraction of sp³-hybridized carbons (Fsp3) is 0.643. The second-order valence-corrected chi connectivity index (χ2v) is 5.43. The number of aliphatic hydroxyl groups is 1. The molecule has 1 atom stereocenters. The van der Waals surface area contributed by atoms with Crippen molar-refractivity contribution in [1.82, 2.24) is 14.9 Å². The number of rotatable bonds is 4. The average Bonchev–Trinajstić information content (AvgIpc) is 2.46. The first-order valence-corrected chi connectivity index (χ1v) is 7.12. The number of hydrogen-bond donors (Lipinski definition) is 2. The van der Waals surface area contributed by atoms with E-state index in [0.717, 1.165) is 19.3 Å². The molecule has 0 aliphatic carbocycles. The maximum absolute atomic E-state index is 12.4. The van der Waals surface area contributed by atoms with Crippen LogP contribution < -0.4 is 5.32 Å². The molecule has 1 aliphatic rings. The Morgan fingerprint density at radius 3 is 2.75 bits per heavy atom. The van der Waals surface area contributed by atoms with E-state index in [1.807, 2.05) is 13.8 Å². The lowest BCUT2D eigenvalue weighted by atomic mass is 10.0. The summed E-state index contributed by atoms with van der Waals surface area (Å²) in [6.45, 7) is 4.71. The zero-order valence-corrected chi connectivity index (χ0v) is 12.0. The number of piperidine rings is 1. The molecule has 2 rings (SSSR count). The van der Waals surface area contributed by atoms with Crippen molar-refractivity contribution in [3.05, 3.63) is 18.0 Å². The van der Waals surface area contributed by atoms with Gasteiger partial charge in [0.15, 0.2) is 0 Å². The summed E-state index contributed by atoms with van der Waals surface area (Å²) >= 11 is 0. The van der Waals surface area contributed by atoms with Gasteiger partial charge in [-0.05, 0) is 33.1 Å². The summed E-state index contributed by atoms with van der Waals surface area (Å²) in [6, 6.07) is 0.169. The van der Waals surface area contributed by atoms with Crippen LogP contribution >= 0.6 is 0 Å². The van der Waals surface area contributed by atoms with Crippen molar-refractivity contribution < 1.29 is 9.90 Å². The highest BCUT2D eigenvalue weighted by atomic mass is 16.3. The minimum absolute atomic E-state index is 0.0135. The van der Waals surface area contributed by atoms with Crippen molar-refractivity contribution >= 4 is 11.9 Å². The lowest BCUT2D eigenvalue weighted by Crippen LogP contribution is -2.45. The van der Waals surface area contributed by atoms with Crippen LogP contribution in [0.25, 0.3) is 0 Å². The van der Waals surface area contributed by atoms with E-state index < -0.39 is 0 Å². The third kappa shape index (κ3) is 3.45. The number of amides is 1. The Labute approximate surface area is 119 Å². The molecule has 0 bridgehead atoms. The fourth-order valence-electron chi connectivity index (χ4n) is 2.39. The largest absolute Gasteiger partial charge is 0.394 e. The molecule has 0 radical (unpaired) electrons. The van der Waals surface area contributed by atoms with Gasteiger partial charge in [-0.25, -0.2) is 9.97 Å². The molecule has 2 N–H and O–H groups in total. The summed E-state index contributed by atoms with van der Waals surface area (Å²) in [4.78, 5) is 22.5. The van der Waals surface area contributed by atoms with Crippen LogP contribution in [0.4, 0.5) is 5.95 Å². The Hall–Kier alpha value is -1.69. The molecule has 1 aromatic heterocycles. The molecule has 6 nitrogen and oxygen atoms in total. The molecule has 6 heteroatoms. The minimum atomic E-state index is -0.0974. The number of hydrogen-bond acceptors (Lipinski definition) is 5. The zero-order valence-electron chi connectivity index (χ0n) is 12.0. The third-order valence-corrected chi connectivity index (χ3v) is 3.42. The van der Waals surface area contributed by atoms with Crippen LogP contribution in [0.5, 0.6) is 0 Å². The Morgan fingerprint density at radius 2 is 2.15 bits per heavy atom. The van der Waals surface area contributed by atoms with Crippen molar-refractivity contribution in [2.45, 2.75) is 45.2 Å². The smallest absolute Gasteiger partial charge is 0.257 e. The monoisotopic (exact) mass is 278 g/mol. The molecule has 1 fully saturated rings. The number of carbonyl (C=O) groups is 1. The zero-order chi connectivity index (χ0) is 14.5. The number of aliphatic hydroxyl groups excluding tert-OH is 1. The van der Waals surface area contributed by atoms with Crippen LogP contribution in [0.15, 0.2) is 12.4 Å². The third-order valence-electron chi connectivity index (χ3n) is 3.42. The lowest BCUT2D eigenvalue weighted by Gasteiger charge is -2.34. The number of nitrogens with zero attached hydrogens (tertiary/aromatic N) is 3. The molecule has 1 aliphatic heterocycles. The Bertz CT molecular complexity index is 447. The predicted octanol–water partition coefficient (Wildman–Crippen LogP) is 1.28. The number of aromatic nitrogens is 2. The highest BCUT2D eigenvalue weighted by molar-refractivity contribution is 5.94. The molecular weight excluding hydrogens is 256 g/mol. The van der Waals surface area contributed by atoms with Crippen molar-refractivity contribution in [3.63, 3.8) is 0 Å². The average molecular weight is 278 g/mol. The van der Waals surface area contributed by atoms with Gasteiger partial charge < -0.3 is 15.3 Å². The molecule has 0 saturated carbocycles. The van der Waals surface area contributed by atoms with Crippen LogP contribution in [0, 0.1) is 0 Å². The standard InChI is InChI=1S/C14H22N4O2/c1-10(2)17-14-15-7-11(8-16-14)13(20)18-6-4-3-5-12(18)9-19/h7-8,10,12,19H,3-6,9H2,1-2H3,(H,15,16,17). The van der Waals surface area contributed by atoms with Gasteiger partial charge in [0.2, 0.25) is 5.95 Å². The summed E-state index contributed by atoms with van der Waals surface area (Å²) in [7, 11) is 0. The Balaban J connectivity index is 2.08. The minimum Gasteiger partial charge on any atom is -0.394 e. The first-order valence-electron chi connectivity index (χ1n) is 7.12. The first kappa shape index (κ1) is 14.7. The maximum atomic E-state index is 12.4. The summed E-state index contributed by atoms with van der Waals surface area (Å²) in [6.07, 6.45) is 5.99. The molecular formula is C14H22N4O2. The van der Waals surface area contributed by atoms with Crippen molar-refractivity contribution in [1.29, 1.82) is 0 Å². The fourth-order valence-corrected chi connectivity index (χ4v) is 2.39. The van der Waals surface area contributed by atoms with E-state index >= 15 is 0 Å². The van der Waals surface area contributed by atoms with E-state index in [-0.39, 0.29) is 24.6 Å². The van der Waals surface area contributed by atoms with E-state index in [9.17, 15) is 9.90 Å². The molecule has 0 spiro atoms. The van der Waals surface area contributed by atoms with Gasteiger partial charge in [0.25, 0.3) is 5.91 Å². The van der Waals surface area contributed by atoms with Gasteiger partial charge >= 0.3 is 0 Å². The second kappa shape index (κ2) is 6.65. The van der Waals surface area contributed by atoms with Crippen LogP contribution in [0.2, 0.25) is 0 Å². The highest BCUT2D eigenvalue weighted by Crippen LogP contribution is 2.19. The van der Waals surface area contributed by atoms with Crippen LogP contribution in [-0.4, -0.2) is 51.1 Å². The summed E-state index contributed by atoms with van der Waals surface area (Å²) in [5.74, 6) is 0.425. The first-order chi connectivity index (χ1) is 9.61. The SMILES string of the molecule is CC(C)Nc1ncc(C(=O)N2CCCCC2CO)cn1. The molecule has 20 heavy (non-hydrogen) atoms. The van der Waals surface area contributed by atoms with E-state index in [2.05, 4.69) is 15.3 Å². The lowest BCUT2D eigenvalue weighted by molar-refractivity contribution is 0.0502. The maximum Gasteiger partial charge on any atom is 0.257 e. The van der Waals surface area contributed by atoms with Gasteiger partial charge in [-0.1, -0.05) is 0 Å². The highest BCUT2D eigenvalue weighted by Gasteiger charge is 2.27. The molecule has 1 unspecified atom stereocenters. The van der Waals surface area contributed by atoms with E-state index in [4.69, 9.17) is 0 Å². The predicted molar refractivity (Wildman–Crippen MR) is 76.6 cm³/mol. The normalized spacial score (nSPS) is 19.2. The summed E-state index contributed by atoms with van der Waals surface area (Å²) < 4.78 is 0. The van der Waals surface area contributed by atoms with Gasteiger partial charge in [-0.15, -0.1) is 0 Å². The van der Waals surface area contributed by atoms with Crippen LogP contribution in [-0.2, 0) is 0 Å². The molecule has 1 aromatic rings. The van der Waals surface area contributed by atoms with Crippen LogP contribution in [0.3, 0.4) is 0 Å². The number of carbonyl (C=O) groups excluding carboxylic acids is 1. The number of likely N-dealkylation sites (tertiary alicyclic amines) is 1. The molecule has 1 amide bonds. The summed E-state index contributed by atoms with van der Waals surface area (Å²) in [5, 5.41) is 12.4. The number of nitrogens with one attached hydrogen (secondary N) is 1. The van der Waals surface area contributed by atoms with Crippen LogP contribution in [0.1, 0.15) is 43.5 Å². The quantitative estimate of drug-likeness (QED) is 0.867. The number of anilines is 1. The molecule has 0 aromatic carbocycles. The Kier molecular flexibility index (Phi) is 4.89. The van der Waals surface area contributed by atoms with Gasteiger partial charge in [0.05, 0.1) is 18.2 Å². The van der Waals surface area contributed by atoms with Gasteiger partial charge in [-0.2, -0.15) is 0 Å². The topological polar surface area (TPSA) is 78.4 Å². The van der Waals surface area contributed by atoms with Gasteiger partial charge in [-0.3, -0.25) is 4.79 Å². The summed E-state index contributed by atoms with van der Waals surface area (Å²) in [5.41, 5.74) is 0.472.